The van der Waals surface area contributed by atoms with E-state index in [9.17, 15) is 19.2 Å². The number of carbonyl (C=O) groups is 4. The van der Waals surface area contributed by atoms with E-state index in [1.54, 1.807) is 24.8 Å². The van der Waals surface area contributed by atoms with E-state index >= 15 is 0 Å². The zero-order valence-electron chi connectivity index (χ0n) is 18.6. The van der Waals surface area contributed by atoms with Crippen molar-refractivity contribution < 1.29 is 28.7 Å². The summed E-state index contributed by atoms with van der Waals surface area (Å²) in [4.78, 5) is 51.2. The number of nitrogens with zero attached hydrogens (tertiary/aromatic N) is 1. The number of nitrogens with one attached hydrogen (secondary N) is 2. The van der Waals surface area contributed by atoms with E-state index in [-0.39, 0.29) is 36.3 Å². The third kappa shape index (κ3) is 5.27. The van der Waals surface area contributed by atoms with E-state index in [2.05, 4.69) is 10.6 Å². The Morgan fingerprint density at radius 3 is 2.47 bits per heavy atom. The van der Waals surface area contributed by atoms with Gasteiger partial charge in [0, 0.05) is 18.7 Å². The van der Waals surface area contributed by atoms with Gasteiger partial charge in [-0.1, -0.05) is 18.2 Å². The number of benzene rings is 1. The molecule has 2 N–H and O–H groups in total. The Balaban J connectivity index is 1.58. The summed E-state index contributed by atoms with van der Waals surface area (Å²) in [5.74, 6) is -1.37. The largest absolute Gasteiger partial charge is 0.463 e. The minimum absolute atomic E-state index is 0.0365. The Hall–Kier alpha value is -3.36. The average Bonchev–Trinajstić information content (AvgIpc) is 2.77. The van der Waals surface area contributed by atoms with Gasteiger partial charge in [0.25, 0.3) is 5.91 Å². The molecule has 3 rings (SSSR count). The lowest BCUT2D eigenvalue weighted by atomic mass is 9.96. The number of aryl methyl sites for hydroxylation is 1. The lowest BCUT2D eigenvalue weighted by molar-refractivity contribution is -0.149. The summed E-state index contributed by atoms with van der Waals surface area (Å²) in [6, 6.07) is 6.40. The molecule has 0 spiro atoms. The van der Waals surface area contributed by atoms with Crippen molar-refractivity contribution in [1.82, 2.24) is 15.5 Å². The van der Waals surface area contributed by atoms with Gasteiger partial charge < -0.3 is 25.0 Å². The molecular formula is C23H29N3O6. The van der Waals surface area contributed by atoms with Crippen LogP contribution in [0.5, 0.6) is 0 Å². The predicted octanol–water partition coefficient (Wildman–Crippen LogP) is 1.91. The van der Waals surface area contributed by atoms with Crippen LogP contribution in [0.3, 0.4) is 0 Å². The molecule has 172 valence electrons. The summed E-state index contributed by atoms with van der Waals surface area (Å²) in [5, 5.41) is 5.13. The molecule has 3 amide bonds. The molecule has 2 heterocycles. The van der Waals surface area contributed by atoms with Crippen molar-refractivity contribution in [2.75, 3.05) is 26.3 Å². The lowest BCUT2D eigenvalue weighted by Crippen LogP contribution is -2.50. The molecule has 2 aliphatic heterocycles. The Morgan fingerprint density at radius 2 is 1.81 bits per heavy atom. The minimum atomic E-state index is -0.568. The van der Waals surface area contributed by atoms with E-state index in [0.29, 0.717) is 31.5 Å². The molecule has 1 atom stereocenters. The van der Waals surface area contributed by atoms with Crippen molar-refractivity contribution in [3.63, 3.8) is 0 Å². The van der Waals surface area contributed by atoms with E-state index in [4.69, 9.17) is 9.47 Å². The van der Waals surface area contributed by atoms with Gasteiger partial charge in [-0.3, -0.25) is 9.59 Å². The Labute approximate surface area is 187 Å². The highest BCUT2D eigenvalue weighted by Crippen LogP contribution is 2.22. The highest BCUT2D eigenvalue weighted by molar-refractivity contribution is 5.96. The quantitative estimate of drug-likeness (QED) is 0.650. The van der Waals surface area contributed by atoms with Crippen LogP contribution in [0.1, 0.15) is 42.6 Å². The fourth-order valence-electron chi connectivity index (χ4n) is 3.96. The first-order valence-electron chi connectivity index (χ1n) is 10.8. The predicted molar refractivity (Wildman–Crippen MR) is 116 cm³/mol. The third-order valence-electron chi connectivity index (χ3n) is 5.72. The fraction of sp³-hybridized carbons (Fsp3) is 0.478. The molecule has 0 radical (unpaired) electrons. The molecule has 0 saturated carbocycles. The molecule has 1 saturated heterocycles. The minimum Gasteiger partial charge on any atom is -0.463 e. The standard InChI is InChI=1S/C23H29N3O6/c1-4-31-22(29)19-15(3)24-23(30)25-18(19)13-32-21(28)16-9-11-26(12-10-16)20(27)17-8-6-5-7-14(17)2/h5-8,15-16H,4,9-13H2,1-3H3,(H2,24,25,30)/t15-/m0/s1. The average molecular weight is 444 g/mol. The van der Waals surface area contributed by atoms with Gasteiger partial charge in [0.2, 0.25) is 0 Å². The summed E-state index contributed by atoms with van der Waals surface area (Å²) in [6.45, 7) is 6.13. The first-order valence-corrected chi connectivity index (χ1v) is 10.8. The van der Waals surface area contributed by atoms with E-state index in [0.717, 1.165) is 5.56 Å². The number of amides is 3. The Bertz CT molecular complexity index is 933. The zero-order chi connectivity index (χ0) is 23.3. The summed E-state index contributed by atoms with van der Waals surface area (Å²) in [5.41, 5.74) is 2.05. The summed E-state index contributed by atoms with van der Waals surface area (Å²) in [6.07, 6.45) is 0.981. The van der Waals surface area contributed by atoms with Crippen LogP contribution in [0.4, 0.5) is 4.79 Å². The summed E-state index contributed by atoms with van der Waals surface area (Å²) < 4.78 is 10.5. The molecule has 2 aliphatic rings. The van der Waals surface area contributed by atoms with Crippen LogP contribution in [0.2, 0.25) is 0 Å². The van der Waals surface area contributed by atoms with Crippen LogP contribution < -0.4 is 10.6 Å². The molecule has 1 aromatic rings. The Kier molecular flexibility index (Phi) is 7.50. The van der Waals surface area contributed by atoms with Gasteiger partial charge in [-0.25, -0.2) is 9.59 Å². The topological polar surface area (TPSA) is 114 Å². The maximum Gasteiger partial charge on any atom is 0.338 e. The molecule has 9 nitrogen and oxygen atoms in total. The van der Waals surface area contributed by atoms with Crippen LogP contribution in [-0.4, -0.2) is 61.1 Å². The van der Waals surface area contributed by atoms with E-state index < -0.39 is 24.0 Å². The van der Waals surface area contributed by atoms with Gasteiger partial charge in [-0.15, -0.1) is 0 Å². The first-order chi connectivity index (χ1) is 15.3. The summed E-state index contributed by atoms with van der Waals surface area (Å²) >= 11 is 0. The van der Waals surface area contributed by atoms with Gasteiger partial charge in [0.05, 0.1) is 29.8 Å². The van der Waals surface area contributed by atoms with Gasteiger partial charge in [-0.2, -0.15) is 0 Å². The van der Waals surface area contributed by atoms with E-state index in [1.165, 1.54) is 0 Å². The normalized spacial score (nSPS) is 19.2. The van der Waals surface area contributed by atoms with Gasteiger partial charge in [0.1, 0.15) is 6.61 Å². The van der Waals surface area contributed by atoms with Crippen molar-refractivity contribution >= 4 is 23.9 Å². The second-order valence-electron chi connectivity index (χ2n) is 7.92. The van der Waals surface area contributed by atoms with Crippen LogP contribution in [-0.2, 0) is 19.1 Å². The molecule has 0 bridgehead atoms. The molecule has 0 aromatic heterocycles. The summed E-state index contributed by atoms with van der Waals surface area (Å²) in [7, 11) is 0. The molecular weight excluding hydrogens is 414 g/mol. The van der Waals surface area contributed by atoms with Gasteiger partial charge in [-0.05, 0) is 45.2 Å². The van der Waals surface area contributed by atoms with Gasteiger partial charge >= 0.3 is 18.0 Å². The number of hydrogen-bond acceptors (Lipinski definition) is 6. The maximum atomic E-state index is 12.8. The van der Waals surface area contributed by atoms with Crippen molar-refractivity contribution in [3.05, 3.63) is 46.7 Å². The monoisotopic (exact) mass is 443 g/mol. The number of esters is 2. The number of rotatable bonds is 6. The number of likely N-dealkylation sites (tertiary alicyclic amines) is 1. The van der Waals surface area contributed by atoms with Crippen molar-refractivity contribution in [3.8, 4) is 0 Å². The number of ether oxygens (including phenoxy) is 2. The Morgan fingerprint density at radius 1 is 1.12 bits per heavy atom. The smallest absolute Gasteiger partial charge is 0.338 e. The van der Waals surface area contributed by atoms with Crippen molar-refractivity contribution in [2.24, 2.45) is 5.92 Å². The molecule has 1 fully saturated rings. The second kappa shape index (κ2) is 10.3. The molecule has 32 heavy (non-hydrogen) atoms. The molecule has 0 unspecified atom stereocenters. The lowest BCUT2D eigenvalue weighted by Gasteiger charge is -2.31. The van der Waals surface area contributed by atoms with Crippen molar-refractivity contribution in [2.45, 2.75) is 39.7 Å². The maximum absolute atomic E-state index is 12.8. The fourth-order valence-corrected chi connectivity index (χ4v) is 3.96. The van der Waals surface area contributed by atoms with Crippen molar-refractivity contribution in [1.29, 1.82) is 0 Å². The third-order valence-corrected chi connectivity index (χ3v) is 5.72. The molecule has 9 heteroatoms. The highest BCUT2D eigenvalue weighted by atomic mass is 16.5. The second-order valence-corrected chi connectivity index (χ2v) is 7.92. The van der Waals surface area contributed by atoms with Gasteiger partial charge in [0.15, 0.2) is 0 Å². The van der Waals surface area contributed by atoms with Crippen LogP contribution in [0.15, 0.2) is 35.5 Å². The number of hydrogen-bond donors (Lipinski definition) is 2. The molecule has 0 aliphatic carbocycles. The van der Waals surface area contributed by atoms with Crippen LogP contribution in [0, 0.1) is 12.8 Å². The van der Waals surface area contributed by atoms with Crippen LogP contribution >= 0.6 is 0 Å². The highest BCUT2D eigenvalue weighted by Gasteiger charge is 2.32. The first kappa shape index (κ1) is 23.3. The van der Waals surface area contributed by atoms with Crippen LogP contribution in [0.25, 0.3) is 0 Å². The number of piperidine rings is 1. The SMILES string of the molecule is CCOC(=O)C1=C(COC(=O)C2CCN(C(=O)c3ccccc3C)CC2)NC(=O)N[C@H]1C. The van der Waals surface area contributed by atoms with E-state index in [1.807, 2.05) is 25.1 Å². The number of urea groups is 1. The molecule has 1 aromatic carbocycles. The number of carbonyl (C=O) groups excluding carboxylic acids is 4. The zero-order valence-corrected chi connectivity index (χ0v) is 18.6.